The van der Waals surface area contributed by atoms with Gasteiger partial charge in [0.05, 0.1) is 13.2 Å². The third-order valence-electron chi connectivity index (χ3n) is 4.33. The van der Waals surface area contributed by atoms with Gasteiger partial charge >= 0.3 is 0 Å². The van der Waals surface area contributed by atoms with Crippen molar-refractivity contribution >= 4 is 10.8 Å². The maximum Gasteiger partial charge on any atom is 0.125 e. The second-order valence-corrected chi connectivity index (χ2v) is 5.61. The summed E-state index contributed by atoms with van der Waals surface area (Å²) in [6, 6.07) is 14.7. The maximum absolute atomic E-state index is 9.65. The third-order valence-corrected chi connectivity index (χ3v) is 4.33. The van der Waals surface area contributed by atoms with E-state index in [-0.39, 0.29) is 6.04 Å². The maximum atomic E-state index is 9.65. The van der Waals surface area contributed by atoms with E-state index < -0.39 is 0 Å². The number of fused-ring (bicyclic) bond motifs is 1. The molecule has 0 heterocycles. The Morgan fingerprint density at radius 2 is 1.95 bits per heavy atom. The minimum Gasteiger partial charge on any atom is -0.496 e. The van der Waals surface area contributed by atoms with Crippen LogP contribution in [0, 0.1) is 11.3 Å². The number of nitriles is 1. The monoisotopic (exact) mass is 280 g/mol. The quantitative estimate of drug-likeness (QED) is 0.922. The van der Waals surface area contributed by atoms with Gasteiger partial charge in [0.1, 0.15) is 11.8 Å². The van der Waals surface area contributed by atoms with Crippen LogP contribution in [0.1, 0.15) is 37.3 Å². The molecule has 2 aromatic carbocycles. The van der Waals surface area contributed by atoms with E-state index in [2.05, 4.69) is 23.5 Å². The van der Waals surface area contributed by atoms with E-state index in [4.69, 9.17) is 4.74 Å². The number of hydrogen-bond donors (Lipinski definition) is 1. The van der Waals surface area contributed by atoms with Gasteiger partial charge in [-0.2, -0.15) is 5.26 Å². The van der Waals surface area contributed by atoms with Gasteiger partial charge in [0, 0.05) is 11.6 Å². The summed E-state index contributed by atoms with van der Waals surface area (Å²) in [5, 5.41) is 15.4. The zero-order valence-electron chi connectivity index (χ0n) is 12.3. The van der Waals surface area contributed by atoms with Crippen molar-refractivity contribution in [1.82, 2.24) is 5.32 Å². The van der Waals surface area contributed by atoms with Crippen molar-refractivity contribution in [2.45, 2.75) is 37.8 Å². The molecule has 1 aliphatic carbocycles. The lowest BCUT2D eigenvalue weighted by molar-refractivity contribution is 0.401. The Morgan fingerprint density at radius 1 is 1.19 bits per heavy atom. The molecule has 3 nitrogen and oxygen atoms in total. The Bertz CT molecular complexity index is 668. The predicted molar refractivity (Wildman–Crippen MR) is 84.2 cm³/mol. The van der Waals surface area contributed by atoms with Gasteiger partial charge in [0.25, 0.3) is 0 Å². The largest absolute Gasteiger partial charge is 0.496 e. The minimum absolute atomic E-state index is 0.325. The number of nitrogens with one attached hydrogen (secondary N) is 1. The van der Waals surface area contributed by atoms with Crippen molar-refractivity contribution in [2.24, 2.45) is 0 Å². The molecular weight excluding hydrogens is 260 g/mol. The molecule has 1 saturated carbocycles. The summed E-state index contributed by atoms with van der Waals surface area (Å²) >= 11 is 0. The van der Waals surface area contributed by atoms with Crippen LogP contribution in [0.2, 0.25) is 0 Å². The van der Waals surface area contributed by atoms with E-state index in [9.17, 15) is 5.26 Å². The highest BCUT2D eigenvalue weighted by atomic mass is 16.5. The average Bonchev–Trinajstić information content (AvgIpc) is 3.04. The van der Waals surface area contributed by atoms with Crippen LogP contribution in [0.15, 0.2) is 36.4 Å². The fourth-order valence-corrected chi connectivity index (χ4v) is 3.26. The third kappa shape index (κ3) is 2.72. The van der Waals surface area contributed by atoms with Crippen molar-refractivity contribution in [3.8, 4) is 11.8 Å². The first-order valence-corrected chi connectivity index (χ1v) is 7.55. The molecule has 3 heteroatoms. The molecule has 21 heavy (non-hydrogen) atoms. The lowest BCUT2D eigenvalue weighted by atomic mass is 9.97. The number of hydrogen-bond acceptors (Lipinski definition) is 3. The van der Waals surface area contributed by atoms with Crippen LogP contribution in [-0.4, -0.2) is 13.2 Å². The van der Waals surface area contributed by atoms with E-state index in [0.29, 0.717) is 6.04 Å². The molecule has 0 aromatic heterocycles. The summed E-state index contributed by atoms with van der Waals surface area (Å²) in [6.07, 6.45) is 4.82. The van der Waals surface area contributed by atoms with Crippen molar-refractivity contribution in [3.05, 3.63) is 42.0 Å². The molecule has 3 rings (SSSR count). The van der Waals surface area contributed by atoms with Gasteiger partial charge in [-0.1, -0.05) is 43.2 Å². The van der Waals surface area contributed by atoms with Crippen molar-refractivity contribution < 1.29 is 4.74 Å². The summed E-state index contributed by atoms with van der Waals surface area (Å²) in [5.41, 5.74) is 0.963. The highest BCUT2D eigenvalue weighted by Crippen LogP contribution is 2.34. The normalized spacial score (nSPS) is 16.8. The first-order chi connectivity index (χ1) is 10.3. The standard InChI is InChI=1S/C18H20N2O/c1-21-17-11-10-13-6-2-5-9-15(13)18(17)16(12-19)20-14-7-3-4-8-14/h2,5-6,9-11,14,16,20H,3-4,7-8H2,1H3. The molecule has 0 spiro atoms. The highest BCUT2D eigenvalue weighted by Gasteiger charge is 2.23. The van der Waals surface area contributed by atoms with Gasteiger partial charge < -0.3 is 4.74 Å². The average molecular weight is 280 g/mol. The topological polar surface area (TPSA) is 45.0 Å². The Labute approximate surface area is 125 Å². The number of benzene rings is 2. The number of methoxy groups -OCH3 is 1. The number of nitrogens with zero attached hydrogens (tertiary/aromatic N) is 1. The fraction of sp³-hybridized carbons (Fsp3) is 0.389. The lowest BCUT2D eigenvalue weighted by Crippen LogP contribution is -2.30. The molecule has 0 amide bonds. The number of rotatable bonds is 4. The van der Waals surface area contributed by atoms with Crippen molar-refractivity contribution in [1.29, 1.82) is 5.26 Å². The van der Waals surface area contributed by atoms with Crippen LogP contribution in [-0.2, 0) is 0 Å². The fourth-order valence-electron chi connectivity index (χ4n) is 3.26. The molecular formula is C18H20N2O. The van der Waals surface area contributed by atoms with Crippen LogP contribution in [0.25, 0.3) is 10.8 Å². The van der Waals surface area contributed by atoms with Gasteiger partial charge in [-0.25, -0.2) is 0 Å². The molecule has 2 aromatic rings. The van der Waals surface area contributed by atoms with E-state index in [1.54, 1.807) is 7.11 Å². The zero-order valence-corrected chi connectivity index (χ0v) is 12.3. The van der Waals surface area contributed by atoms with E-state index in [0.717, 1.165) is 34.9 Å². The van der Waals surface area contributed by atoms with Crippen LogP contribution in [0.5, 0.6) is 5.75 Å². The molecule has 1 fully saturated rings. The summed E-state index contributed by atoms with van der Waals surface area (Å²) in [6.45, 7) is 0. The molecule has 1 N–H and O–H groups in total. The van der Waals surface area contributed by atoms with Crippen LogP contribution >= 0.6 is 0 Å². The van der Waals surface area contributed by atoms with Crippen LogP contribution in [0.3, 0.4) is 0 Å². The Kier molecular flexibility index (Phi) is 4.08. The van der Waals surface area contributed by atoms with Gasteiger partial charge in [-0.05, 0) is 29.7 Å². The van der Waals surface area contributed by atoms with Crippen LogP contribution < -0.4 is 10.1 Å². The number of ether oxygens (including phenoxy) is 1. The van der Waals surface area contributed by atoms with Gasteiger partial charge in [0.15, 0.2) is 0 Å². The van der Waals surface area contributed by atoms with E-state index >= 15 is 0 Å². The summed E-state index contributed by atoms with van der Waals surface area (Å²) < 4.78 is 5.51. The smallest absolute Gasteiger partial charge is 0.125 e. The predicted octanol–water partition coefficient (Wildman–Crippen LogP) is 3.95. The first-order valence-electron chi connectivity index (χ1n) is 7.55. The highest BCUT2D eigenvalue weighted by molar-refractivity contribution is 5.88. The lowest BCUT2D eigenvalue weighted by Gasteiger charge is -2.21. The molecule has 0 bridgehead atoms. The second-order valence-electron chi connectivity index (χ2n) is 5.61. The van der Waals surface area contributed by atoms with Crippen molar-refractivity contribution in [2.75, 3.05) is 7.11 Å². The van der Waals surface area contributed by atoms with Crippen LogP contribution in [0.4, 0.5) is 0 Å². The molecule has 108 valence electrons. The SMILES string of the molecule is COc1ccc2ccccc2c1C(C#N)NC1CCCC1. The van der Waals surface area contributed by atoms with Gasteiger partial charge in [-0.15, -0.1) is 0 Å². The molecule has 1 atom stereocenters. The minimum atomic E-state index is -0.325. The Hall–Kier alpha value is -2.05. The van der Waals surface area contributed by atoms with Gasteiger partial charge in [-0.3, -0.25) is 5.32 Å². The summed E-state index contributed by atoms with van der Waals surface area (Å²) in [4.78, 5) is 0. The molecule has 0 aliphatic heterocycles. The second kappa shape index (κ2) is 6.15. The van der Waals surface area contributed by atoms with Gasteiger partial charge in [0.2, 0.25) is 0 Å². The van der Waals surface area contributed by atoms with E-state index in [1.807, 2.05) is 24.3 Å². The molecule has 1 unspecified atom stereocenters. The Balaban J connectivity index is 2.05. The Morgan fingerprint density at radius 3 is 2.67 bits per heavy atom. The first kappa shape index (κ1) is 13.9. The molecule has 1 aliphatic rings. The summed E-state index contributed by atoms with van der Waals surface area (Å²) in [7, 11) is 1.66. The van der Waals surface area contributed by atoms with E-state index in [1.165, 1.54) is 12.8 Å². The molecule has 0 saturated heterocycles. The van der Waals surface area contributed by atoms with Crippen molar-refractivity contribution in [3.63, 3.8) is 0 Å². The summed E-state index contributed by atoms with van der Waals surface area (Å²) in [5.74, 6) is 0.783. The molecule has 0 radical (unpaired) electrons. The zero-order chi connectivity index (χ0) is 14.7.